The van der Waals surface area contributed by atoms with Gasteiger partial charge in [-0.3, -0.25) is 0 Å². The Hall–Kier alpha value is -2.26. The van der Waals surface area contributed by atoms with Gasteiger partial charge in [-0.1, -0.05) is 0 Å². The summed E-state index contributed by atoms with van der Waals surface area (Å²) < 4.78 is 6.21. The first-order valence-corrected chi connectivity index (χ1v) is 9.54. The number of hydrogen-bond donors (Lipinski definition) is 2. The maximum absolute atomic E-state index is 11.6. The molecule has 0 aliphatic rings. The normalized spacial score (nSPS) is 11.5. The van der Waals surface area contributed by atoms with Crippen LogP contribution in [0, 0.1) is 0 Å². The van der Waals surface area contributed by atoms with Crippen molar-refractivity contribution in [1.29, 1.82) is 0 Å². The lowest BCUT2D eigenvalue weighted by Crippen LogP contribution is -2.35. The molecule has 0 bridgehead atoms. The molecular weight excluding hydrogens is 358 g/mol. The fourth-order valence-electron chi connectivity index (χ4n) is 2.08. The van der Waals surface area contributed by atoms with Crippen LogP contribution in [0.3, 0.4) is 0 Å². The second kappa shape index (κ2) is 7.32. The Bertz CT molecular complexity index is 855. The van der Waals surface area contributed by atoms with Crippen LogP contribution in [-0.2, 0) is 4.74 Å². The summed E-state index contributed by atoms with van der Waals surface area (Å²) in [6.45, 7) is 6.39. The van der Waals surface area contributed by atoms with Crippen molar-refractivity contribution >= 4 is 44.9 Å². The van der Waals surface area contributed by atoms with Gasteiger partial charge in [0.15, 0.2) is 0 Å². The van der Waals surface area contributed by atoms with Gasteiger partial charge < -0.3 is 15.4 Å². The summed E-state index contributed by atoms with van der Waals surface area (Å²) in [7, 11) is 0. The Morgan fingerprint density at radius 2 is 2.04 bits per heavy atom. The highest BCUT2D eigenvalue weighted by Gasteiger charge is 2.16. The molecule has 0 saturated carbocycles. The van der Waals surface area contributed by atoms with Crippen LogP contribution < -0.4 is 10.6 Å². The molecule has 2 N–H and O–H groups in total. The smallest absolute Gasteiger partial charge is 0.407 e. The monoisotopic (exact) mass is 377 g/mol. The van der Waals surface area contributed by atoms with E-state index < -0.39 is 11.7 Å². The molecule has 3 aromatic heterocycles. The first kappa shape index (κ1) is 17.6. The molecule has 0 radical (unpaired) electrons. The van der Waals surface area contributed by atoms with Crippen molar-refractivity contribution in [3.63, 3.8) is 0 Å². The zero-order valence-electron chi connectivity index (χ0n) is 14.2. The zero-order chi connectivity index (χ0) is 17.9. The van der Waals surface area contributed by atoms with Gasteiger partial charge in [0.1, 0.15) is 16.3 Å². The standard InChI is InChI=1S/C16H19N5O2S2/c1-16(2,3)23-15(22)19-6-5-18-14-20-10-4-8-24-12(10)11(21-14)13-17-7-9-25-13/h4,7-9H,5-6H2,1-3H3,(H,19,22)(H,18,20,21). The highest BCUT2D eigenvalue weighted by Crippen LogP contribution is 2.32. The molecule has 7 nitrogen and oxygen atoms in total. The molecule has 25 heavy (non-hydrogen) atoms. The van der Waals surface area contributed by atoms with Gasteiger partial charge in [0, 0.05) is 24.7 Å². The predicted molar refractivity (Wildman–Crippen MR) is 101 cm³/mol. The summed E-state index contributed by atoms with van der Waals surface area (Å²) >= 11 is 3.14. The molecule has 132 valence electrons. The van der Waals surface area contributed by atoms with E-state index in [1.807, 2.05) is 37.6 Å². The third-order valence-corrected chi connectivity index (χ3v) is 4.70. The molecule has 0 fully saturated rings. The van der Waals surface area contributed by atoms with Gasteiger partial charge in [0.05, 0.1) is 10.2 Å². The minimum Gasteiger partial charge on any atom is -0.444 e. The number of amides is 1. The maximum Gasteiger partial charge on any atom is 0.407 e. The number of thiophene rings is 1. The summed E-state index contributed by atoms with van der Waals surface area (Å²) in [4.78, 5) is 25.1. The van der Waals surface area contributed by atoms with Gasteiger partial charge in [-0.2, -0.15) is 0 Å². The second-order valence-electron chi connectivity index (χ2n) is 6.22. The van der Waals surface area contributed by atoms with Gasteiger partial charge >= 0.3 is 6.09 Å². The van der Waals surface area contributed by atoms with Crippen LogP contribution in [0.5, 0.6) is 0 Å². The highest BCUT2D eigenvalue weighted by atomic mass is 32.1. The second-order valence-corrected chi connectivity index (χ2v) is 8.03. The third kappa shape index (κ3) is 4.64. The minimum atomic E-state index is -0.507. The summed E-state index contributed by atoms with van der Waals surface area (Å²) in [6, 6.07) is 1.96. The summed E-state index contributed by atoms with van der Waals surface area (Å²) in [5.74, 6) is 0.516. The van der Waals surface area contributed by atoms with Gasteiger partial charge in [-0.15, -0.1) is 22.7 Å². The molecule has 0 aliphatic heterocycles. The van der Waals surface area contributed by atoms with Crippen LogP contribution in [0.2, 0.25) is 0 Å². The van der Waals surface area contributed by atoms with E-state index in [1.54, 1.807) is 28.9 Å². The molecule has 1 amide bonds. The van der Waals surface area contributed by atoms with Gasteiger partial charge in [0.25, 0.3) is 0 Å². The molecule has 3 rings (SSSR count). The number of rotatable bonds is 5. The minimum absolute atomic E-state index is 0.409. The molecule has 0 aromatic carbocycles. The molecule has 0 saturated heterocycles. The van der Waals surface area contributed by atoms with Crippen LogP contribution in [0.15, 0.2) is 23.0 Å². The Labute approximate surface area is 153 Å². The summed E-state index contributed by atoms with van der Waals surface area (Å²) in [5.41, 5.74) is 1.21. The molecule has 0 atom stereocenters. The van der Waals surface area contributed by atoms with Gasteiger partial charge in [-0.05, 0) is 32.2 Å². The van der Waals surface area contributed by atoms with Crippen LogP contribution in [-0.4, -0.2) is 39.7 Å². The van der Waals surface area contributed by atoms with E-state index in [4.69, 9.17) is 4.74 Å². The van der Waals surface area contributed by atoms with Gasteiger partial charge in [0.2, 0.25) is 5.95 Å². The maximum atomic E-state index is 11.6. The number of alkyl carbamates (subject to hydrolysis) is 1. The highest BCUT2D eigenvalue weighted by molar-refractivity contribution is 7.18. The number of carbonyl (C=O) groups is 1. The topological polar surface area (TPSA) is 89.0 Å². The molecular formula is C16H19N5O2S2. The first-order valence-electron chi connectivity index (χ1n) is 7.78. The van der Waals surface area contributed by atoms with Crippen molar-refractivity contribution in [2.45, 2.75) is 26.4 Å². The summed E-state index contributed by atoms with van der Waals surface area (Å²) in [5, 5.41) is 10.6. The van der Waals surface area contributed by atoms with Crippen molar-refractivity contribution in [3.8, 4) is 10.7 Å². The molecule has 0 aliphatic carbocycles. The Kier molecular flexibility index (Phi) is 5.14. The number of hydrogen-bond acceptors (Lipinski definition) is 8. The van der Waals surface area contributed by atoms with Crippen molar-refractivity contribution in [1.82, 2.24) is 20.3 Å². The summed E-state index contributed by atoms with van der Waals surface area (Å²) in [6.07, 6.45) is 1.33. The molecule has 3 heterocycles. The zero-order valence-corrected chi connectivity index (χ0v) is 15.8. The van der Waals surface area contributed by atoms with Crippen LogP contribution in [0.25, 0.3) is 20.9 Å². The predicted octanol–water partition coefficient (Wildman–Crippen LogP) is 3.75. The fourth-order valence-corrected chi connectivity index (χ4v) is 3.60. The van der Waals surface area contributed by atoms with Crippen LogP contribution in [0.4, 0.5) is 10.7 Å². The van der Waals surface area contributed by atoms with E-state index in [0.29, 0.717) is 19.0 Å². The number of carbonyl (C=O) groups excluding carboxylic acids is 1. The molecule has 0 spiro atoms. The lowest BCUT2D eigenvalue weighted by atomic mass is 10.2. The average molecular weight is 377 g/mol. The van der Waals surface area contributed by atoms with E-state index in [2.05, 4.69) is 25.6 Å². The quantitative estimate of drug-likeness (QED) is 0.658. The van der Waals surface area contributed by atoms with E-state index in [1.165, 1.54) is 0 Å². The number of ether oxygens (including phenoxy) is 1. The van der Waals surface area contributed by atoms with E-state index in [-0.39, 0.29) is 0 Å². The van der Waals surface area contributed by atoms with Crippen molar-refractivity contribution in [2.75, 3.05) is 18.4 Å². The first-order chi connectivity index (χ1) is 11.9. The van der Waals surface area contributed by atoms with E-state index >= 15 is 0 Å². The largest absolute Gasteiger partial charge is 0.444 e. The Balaban J connectivity index is 1.64. The number of nitrogens with zero attached hydrogens (tertiary/aromatic N) is 3. The number of aromatic nitrogens is 3. The van der Waals surface area contributed by atoms with E-state index in [0.717, 1.165) is 20.9 Å². The Morgan fingerprint density at radius 3 is 2.76 bits per heavy atom. The molecule has 3 aromatic rings. The number of thiazole rings is 1. The van der Waals surface area contributed by atoms with Gasteiger partial charge in [-0.25, -0.2) is 19.7 Å². The van der Waals surface area contributed by atoms with Crippen molar-refractivity contribution in [3.05, 3.63) is 23.0 Å². The fraction of sp³-hybridized carbons (Fsp3) is 0.375. The Morgan fingerprint density at radius 1 is 1.20 bits per heavy atom. The lowest BCUT2D eigenvalue weighted by molar-refractivity contribution is 0.0530. The molecule has 9 heteroatoms. The lowest BCUT2D eigenvalue weighted by Gasteiger charge is -2.19. The SMILES string of the molecule is CC(C)(C)OC(=O)NCCNc1nc(-c2nccs2)c2sccc2n1. The number of anilines is 1. The number of nitrogens with one attached hydrogen (secondary N) is 2. The van der Waals surface area contributed by atoms with E-state index in [9.17, 15) is 4.79 Å². The third-order valence-electron chi connectivity index (χ3n) is 3.01. The van der Waals surface area contributed by atoms with Crippen LogP contribution in [0.1, 0.15) is 20.8 Å². The van der Waals surface area contributed by atoms with Crippen LogP contribution >= 0.6 is 22.7 Å². The van der Waals surface area contributed by atoms with Crippen molar-refractivity contribution in [2.24, 2.45) is 0 Å². The average Bonchev–Trinajstić information content (AvgIpc) is 3.20. The number of fused-ring (bicyclic) bond motifs is 1. The van der Waals surface area contributed by atoms with Crippen molar-refractivity contribution < 1.29 is 9.53 Å². The molecule has 0 unspecified atom stereocenters.